The SMILES string of the molecule is O=C(Oc1ccccc1CCCO)c1ccccc1. The van der Waals surface area contributed by atoms with Crippen molar-refractivity contribution < 1.29 is 14.6 Å². The number of carbonyl (C=O) groups excluding carboxylic acids is 1. The first-order chi connectivity index (χ1) is 9.31. The van der Waals surface area contributed by atoms with Gasteiger partial charge in [0.2, 0.25) is 0 Å². The summed E-state index contributed by atoms with van der Waals surface area (Å²) < 4.78 is 5.41. The van der Waals surface area contributed by atoms with Crippen molar-refractivity contribution in [3.05, 3.63) is 65.7 Å². The van der Waals surface area contributed by atoms with Crippen molar-refractivity contribution in [3.63, 3.8) is 0 Å². The number of para-hydroxylation sites is 1. The van der Waals surface area contributed by atoms with Gasteiger partial charge in [0, 0.05) is 6.61 Å². The standard InChI is InChI=1S/C16H16O3/c17-12-6-10-13-7-4-5-11-15(13)19-16(18)14-8-2-1-3-9-14/h1-5,7-9,11,17H,6,10,12H2. The van der Waals surface area contributed by atoms with Crippen LogP contribution in [0.4, 0.5) is 0 Å². The molecular weight excluding hydrogens is 240 g/mol. The van der Waals surface area contributed by atoms with Crippen LogP contribution in [0, 0.1) is 0 Å². The molecule has 0 heterocycles. The molecule has 0 atom stereocenters. The predicted octanol–water partition coefficient (Wildman–Crippen LogP) is 2.83. The monoisotopic (exact) mass is 256 g/mol. The quantitative estimate of drug-likeness (QED) is 0.661. The number of carbonyl (C=O) groups is 1. The van der Waals surface area contributed by atoms with E-state index in [2.05, 4.69) is 0 Å². The summed E-state index contributed by atoms with van der Waals surface area (Å²) in [6, 6.07) is 16.3. The number of hydrogen-bond donors (Lipinski definition) is 1. The number of aliphatic hydroxyl groups excluding tert-OH is 1. The van der Waals surface area contributed by atoms with E-state index in [0.29, 0.717) is 24.2 Å². The molecule has 2 rings (SSSR count). The van der Waals surface area contributed by atoms with Crippen LogP contribution < -0.4 is 4.74 Å². The Balaban J connectivity index is 2.12. The molecular formula is C16H16O3. The third-order valence-electron chi connectivity index (χ3n) is 2.79. The fraction of sp³-hybridized carbons (Fsp3) is 0.188. The van der Waals surface area contributed by atoms with E-state index < -0.39 is 0 Å². The zero-order chi connectivity index (χ0) is 13.5. The Labute approximate surface area is 112 Å². The summed E-state index contributed by atoms with van der Waals surface area (Å²) in [5.41, 5.74) is 1.46. The highest BCUT2D eigenvalue weighted by atomic mass is 16.5. The molecule has 98 valence electrons. The van der Waals surface area contributed by atoms with Gasteiger partial charge in [0.15, 0.2) is 0 Å². The second-order valence-corrected chi connectivity index (χ2v) is 4.19. The maximum Gasteiger partial charge on any atom is 0.343 e. The van der Waals surface area contributed by atoms with Gasteiger partial charge < -0.3 is 9.84 Å². The van der Waals surface area contributed by atoms with E-state index in [1.54, 1.807) is 30.3 Å². The molecule has 0 spiro atoms. The van der Waals surface area contributed by atoms with E-state index in [-0.39, 0.29) is 12.6 Å². The highest BCUT2D eigenvalue weighted by Gasteiger charge is 2.10. The minimum Gasteiger partial charge on any atom is -0.423 e. The fourth-order valence-electron chi connectivity index (χ4n) is 1.81. The molecule has 0 amide bonds. The van der Waals surface area contributed by atoms with Crippen LogP contribution in [0.5, 0.6) is 5.75 Å². The number of ether oxygens (including phenoxy) is 1. The van der Waals surface area contributed by atoms with Gasteiger partial charge in [-0.2, -0.15) is 0 Å². The number of aryl methyl sites for hydroxylation is 1. The Morgan fingerprint density at radius 2 is 1.68 bits per heavy atom. The first-order valence-corrected chi connectivity index (χ1v) is 6.27. The molecule has 0 unspecified atom stereocenters. The van der Waals surface area contributed by atoms with E-state index in [1.807, 2.05) is 24.3 Å². The zero-order valence-corrected chi connectivity index (χ0v) is 10.6. The van der Waals surface area contributed by atoms with Crippen molar-refractivity contribution in [1.29, 1.82) is 0 Å². The lowest BCUT2D eigenvalue weighted by Gasteiger charge is -2.09. The van der Waals surface area contributed by atoms with E-state index >= 15 is 0 Å². The van der Waals surface area contributed by atoms with Crippen molar-refractivity contribution in [2.75, 3.05) is 6.61 Å². The molecule has 0 fully saturated rings. The molecule has 2 aromatic rings. The molecule has 0 aliphatic rings. The molecule has 0 radical (unpaired) electrons. The van der Waals surface area contributed by atoms with Gasteiger partial charge >= 0.3 is 5.97 Å². The fourth-order valence-corrected chi connectivity index (χ4v) is 1.81. The average Bonchev–Trinajstić information content (AvgIpc) is 2.47. The van der Waals surface area contributed by atoms with Crippen molar-refractivity contribution in [2.45, 2.75) is 12.8 Å². The summed E-state index contributed by atoms with van der Waals surface area (Å²) in [4.78, 5) is 12.0. The van der Waals surface area contributed by atoms with Crippen LogP contribution >= 0.6 is 0 Å². The van der Waals surface area contributed by atoms with Gasteiger partial charge in [-0.15, -0.1) is 0 Å². The molecule has 0 aliphatic carbocycles. The summed E-state index contributed by atoms with van der Waals surface area (Å²) in [6.07, 6.45) is 1.34. The Morgan fingerprint density at radius 1 is 1.00 bits per heavy atom. The Morgan fingerprint density at radius 3 is 2.42 bits per heavy atom. The number of hydrogen-bond acceptors (Lipinski definition) is 3. The summed E-state index contributed by atoms with van der Waals surface area (Å²) in [7, 11) is 0. The van der Waals surface area contributed by atoms with Gasteiger partial charge in [-0.05, 0) is 36.6 Å². The second kappa shape index (κ2) is 6.71. The van der Waals surface area contributed by atoms with Crippen LogP contribution in [0.3, 0.4) is 0 Å². The molecule has 0 saturated heterocycles. The lowest BCUT2D eigenvalue weighted by molar-refractivity contribution is 0.0733. The maximum atomic E-state index is 12.0. The number of aliphatic hydroxyl groups is 1. The van der Waals surface area contributed by atoms with Crippen molar-refractivity contribution in [3.8, 4) is 5.75 Å². The Bertz CT molecular complexity index is 535. The van der Waals surface area contributed by atoms with Gasteiger partial charge in [0.1, 0.15) is 5.75 Å². The first-order valence-electron chi connectivity index (χ1n) is 6.27. The smallest absolute Gasteiger partial charge is 0.343 e. The van der Waals surface area contributed by atoms with E-state index in [9.17, 15) is 4.79 Å². The van der Waals surface area contributed by atoms with Crippen LogP contribution in [0.1, 0.15) is 22.3 Å². The normalized spacial score (nSPS) is 10.2. The molecule has 0 aromatic heterocycles. The topological polar surface area (TPSA) is 46.5 Å². The van der Waals surface area contributed by atoms with Crippen LogP contribution in [0.25, 0.3) is 0 Å². The number of benzene rings is 2. The minimum atomic E-state index is -0.364. The van der Waals surface area contributed by atoms with Crippen LogP contribution in [-0.4, -0.2) is 17.7 Å². The van der Waals surface area contributed by atoms with Crippen molar-refractivity contribution in [1.82, 2.24) is 0 Å². The summed E-state index contributed by atoms with van der Waals surface area (Å²) in [5.74, 6) is 0.196. The molecule has 2 aromatic carbocycles. The summed E-state index contributed by atoms with van der Waals surface area (Å²) in [5, 5.41) is 8.87. The number of rotatable bonds is 5. The highest BCUT2D eigenvalue weighted by molar-refractivity contribution is 5.91. The second-order valence-electron chi connectivity index (χ2n) is 4.19. The lowest BCUT2D eigenvalue weighted by atomic mass is 10.1. The summed E-state index contributed by atoms with van der Waals surface area (Å²) >= 11 is 0. The Hall–Kier alpha value is -2.13. The largest absolute Gasteiger partial charge is 0.423 e. The first kappa shape index (κ1) is 13.3. The van der Waals surface area contributed by atoms with Crippen LogP contribution in [-0.2, 0) is 6.42 Å². The zero-order valence-electron chi connectivity index (χ0n) is 10.6. The third kappa shape index (κ3) is 3.66. The molecule has 0 saturated carbocycles. The lowest BCUT2D eigenvalue weighted by Crippen LogP contribution is -2.09. The Kier molecular flexibility index (Phi) is 4.70. The minimum absolute atomic E-state index is 0.126. The van der Waals surface area contributed by atoms with Crippen molar-refractivity contribution >= 4 is 5.97 Å². The van der Waals surface area contributed by atoms with Crippen LogP contribution in [0.2, 0.25) is 0 Å². The molecule has 0 bridgehead atoms. The molecule has 3 nitrogen and oxygen atoms in total. The van der Waals surface area contributed by atoms with Gasteiger partial charge in [0.05, 0.1) is 5.56 Å². The van der Waals surface area contributed by atoms with Gasteiger partial charge in [-0.1, -0.05) is 36.4 Å². The van der Waals surface area contributed by atoms with Crippen molar-refractivity contribution in [2.24, 2.45) is 0 Å². The van der Waals surface area contributed by atoms with E-state index in [0.717, 1.165) is 5.56 Å². The molecule has 19 heavy (non-hydrogen) atoms. The molecule has 1 N–H and O–H groups in total. The summed E-state index contributed by atoms with van der Waals surface area (Å²) in [6.45, 7) is 0.126. The van der Waals surface area contributed by atoms with Crippen LogP contribution in [0.15, 0.2) is 54.6 Å². The van der Waals surface area contributed by atoms with E-state index in [1.165, 1.54) is 0 Å². The molecule has 3 heteroatoms. The van der Waals surface area contributed by atoms with E-state index in [4.69, 9.17) is 9.84 Å². The highest BCUT2D eigenvalue weighted by Crippen LogP contribution is 2.20. The maximum absolute atomic E-state index is 12.0. The third-order valence-corrected chi connectivity index (χ3v) is 2.79. The molecule has 0 aliphatic heterocycles. The van der Waals surface area contributed by atoms with Gasteiger partial charge in [-0.25, -0.2) is 4.79 Å². The average molecular weight is 256 g/mol. The van der Waals surface area contributed by atoms with Gasteiger partial charge in [0.25, 0.3) is 0 Å². The number of esters is 1. The van der Waals surface area contributed by atoms with Gasteiger partial charge in [-0.3, -0.25) is 0 Å². The predicted molar refractivity (Wildman–Crippen MR) is 73.2 cm³/mol.